The molecule has 0 aliphatic carbocycles. The number of carbonyl (C=O) groups excluding carboxylic acids is 2. The highest BCUT2D eigenvalue weighted by Gasteiger charge is 2.20. The van der Waals surface area contributed by atoms with Gasteiger partial charge in [0.25, 0.3) is 0 Å². The molecule has 0 aromatic rings. The fraction of sp³-hybridized carbons (Fsp3) is 0.600. The normalized spacial score (nSPS) is 19.9. The van der Waals surface area contributed by atoms with E-state index in [4.69, 9.17) is 0 Å². The molecule has 0 saturated carbocycles. The first-order valence-electron chi connectivity index (χ1n) is 2.76. The summed E-state index contributed by atoms with van der Waals surface area (Å²) in [5.41, 5.74) is 0. The Balaban J connectivity index is 2.62. The molecule has 4 heteroatoms. The van der Waals surface area contributed by atoms with E-state index in [1.165, 1.54) is 7.05 Å². The van der Waals surface area contributed by atoms with Crippen LogP contribution in [0.3, 0.4) is 0 Å². The number of nitrogens with zero attached hydrogens (tertiary/aromatic N) is 1. The van der Waals surface area contributed by atoms with Gasteiger partial charge in [-0.2, -0.15) is 0 Å². The van der Waals surface area contributed by atoms with Crippen molar-refractivity contribution in [1.82, 2.24) is 10.2 Å². The Morgan fingerprint density at radius 2 is 2.22 bits per heavy atom. The highest BCUT2D eigenvalue weighted by Crippen LogP contribution is 1.95. The van der Waals surface area contributed by atoms with Crippen molar-refractivity contribution >= 4 is 11.9 Å². The number of carbonyl (C=O) groups is 2. The Bertz CT molecular complexity index is 139. The molecule has 1 N–H and O–H groups in total. The summed E-state index contributed by atoms with van der Waals surface area (Å²) in [7, 11) is 1.47. The predicted molar refractivity (Wildman–Crippen MR) is 30.8 cm³/mol. The van der Waals surface area contributed by atoms with Crippen LogP contribution in [-0.4, -0.2) is 30.4 Å². The maximum absolute atomic E-state index is 10.7. The summed E-state index contributed by atoms with van der Waals surface area (Å²) in [6, 6.07) is -0.300. The van der Waals surface area contributed by atoms with E-state index >= 15 is 0 Å². The van der Waals surface area contributed by atoms with E-state index in [0.29, 0.717) is 13.0 Å². The summed E-state index contributed by atoms with van der Waals surface area (Å²) in [5.74, 6) is -0.112. The molecular weight excluding hydrogens is 120 g/mol. The molecule has 1 saturated heterocycles. The van der Waals surface area contributed by atoms with E-state index in [-0.39, 0.29) is 11.9 Å². The zero-order valence-electron chi connectivity index (χ0n) is 5.18. The Hall–Kier alpha value is -1.06. The van der Waals surface area contributed by atoms with Crippen molar-refractivity contribution in [1.29, 1.82) is 0 Å². The smallest absolute Gasteiger partial charge is 0.323 e. The second-order valence-electron chi connectivity index (χ2n) is 1.93. The van der Waals surface area contributed by atoms with Crippen LogP contribution in [0.5, 0.6) is 0 Å². The molecule has 0 aromatic heterocycles. The van der Waals surface area contributed by atoms with E-state index < -0.39 is 0 Å². The van der Waals surface area contributed by atoms with Crippen LogP contribution in [0.2, 0.25) is 0 Å². The highest BCUT2D eigenvalue weighted by atomic mass is 16.2. The van der Waals surface area contributed by atoms with Crippen molar-refractivity contribution in [3.8, 4) is 0 Å². The standard InChI is InChI=1S/C5H8N2O2/c1-7-4(8)2-3-6-5(7)9/h2-3H2,1H3,(H,6,9). The molecule has 0 bridgehead atoms. The van der Waals surface area contributed by atoms with Crippen LogP contribution in [0.15, 0.2) is 0 Å². The fourth-order valence-corrected chi connectivity index (χ4v) is 0.676. The van der Waals surface area contributed by atoms with Crippen LogP contribution in [0, 0.1) is 0 Å². The van der Waals surface area contributed by atoms with Gasteiger partial charge in [-0.1, -0.05) is 0 Å². The second-order valence-corrected chi connectivity index (χ2v) is 1.93. The van der Waals surface area contributed by atoms with Crippen LogP contribution >= 0.6 is 0 Å². The summed E-state index contributed by atoms with van der Waals surface area (Å²) in [4.78, 5) is 22.4. The molecule has 1 fully saturated rings. The summed E-state index contributed by atoms with van der Waals surface area (Å²) in [6.07, 6.45) is 0.419. The molecule has 3 amide bonds. The molecule has 50 valence electrons. The second kappa shape index (κ2) is 2.05. The third-order valence-corrected chi connectivity index (χ3v) is 1.29. The first kappa shape index (κ1) is 6.07. The molecule has 0 atom stereocenters. The molecule has 0 radical (unpaired) electrons. The number of urea groups is 1. The summed E-state index contributed by atoms with van der Waals surface area (Å²) in [6.45, 7) is 0.474. The van der Waals surface area contributed by atoms with Crippen molar-refractivity contribution in [3.05, 3.63) is 0 Å². The fourth-order valence-electron chi connectivity index (χ4n) is 0.676. The molecule has 0 spiro atoms. The van der Waals surface area contributed by atoms with Crippen LogP contribution < -0.4 is 5.32 Å². The topological polar surface area (TPSA) is 49.4 Å². The van der Waals surface area contributed by atoms with Crippen molar-refractivity contribution < 1.29 is 9.59 Å². The molecule has 0 unspecified atom stereocenters. The monoisotopic (exact) mass is 128 g/mol. The lowest BCUT2D eigenvalue weighted by Gasteiger charge is -2.20. The number of amides is 3. The Kier molecular flexibility index (Phi) is 1.38. The van der Waals surface area contributed by atoms with E-state index in [0.717, 1.165) is 4.90 Å². The lowest BCUT2D eigenvalue weighted by atomic mass is 10.3. The van der Waals surface area contributed by atoms with E-state index in [2.05, 4.69) is 5.32 Å². The van der Waals surface area contributed by atoms with Gasteiger partial charge in [-0.05, 0) is 0 Å². The molecule has 1 aliphatic rings. The van der Waals surface area contributed by atoms with Crippen LogP contribution in [-0.2, 0) is 4.79 Å². The van der Waals surface area contributed by atoms with Crippen LogP contribution in [0.4, 0.5) is 4.79 Å². The molecule has 1 aliphatic heterocycles. The summed E-state index contributed by atoms with van der Waals surface area (Å²) >= 11 is 0. The van der Waals surface area contributed by atoms with E-state index in [9.17, 15) is 9.59 Å². The third kappa shape index (κ3) is 1.01. The van der Waals surface area contributed by atoms with Gasteiger partial charge in [-0.3, -0.25) is 9.69 Å². The lowest BCUT2D eigenvalue weighted by molar-refractivity contribution is -0.128. The van der Waals surface area contributed by atoms with Gasteiger partial charge in [0.05, 0.1) is 0 Å². The van der Waals surface area contributed by atoms with E-state index in [1.807, 2.05) is 0 Å². The number of hydrogen-bond donors (Lipinski definition) is 1. The Labute approximate surface area is 52.8 Å². The van der Waals surface area contributed by atoms with Gasteiger partial charge in [0.1, 0.15) is 0 Å². The molecule has 1 heterocycles. The number of nitrogens with one attached hydrogen (secondary N) is 1. The van der Waals surface area contributed by atoms with Crippen molar-refractivity contribution in [3.63, 3.8) is 0 Å². The predicted octanol–water partition coefficient (Wildman–Crippen LogP) is -0.442. The quantitative estimate of drug-likeness (QED) is 0.480. The number of imide groups is 1. The van der Waals surface area contributed by atoms with Gasteiger partial charge in [0.2, 0.25) is 5.91 Å². The van der Waals surface area contributed by atoms with Crippen molar-refractivity contribution in [2.24, 2.45) is 0 Å². The van der Waals surface area contributed by atoms with Crippen molar-refractivity contribution in [2.75, 3.05) is 13.6 Å². The summed E-state index contributed by atoms with van der Waals surface area (Å²) in [5, 5.41) is 2.53. The van der Waals surface area contributed by atoms with Gasteiger partial charge in [-0.15, -0.1) is 0 Å². The minimum atomic E-state index is -0.300. The van der Waals surface area contributed by atoms with Gasteiger partial charge < -0.3 is 5.32 Å². The van der Waals surface area contributed by atoms with Gasteiger partial charge in [0, 0.05) is 20.0 Å². The summed E-state index contributed by atoms with van der Waals surface area (Å²) < 4.78 is 0. The minimum Gasteiger partial charge on any atom is -0.337 e. The molecule has 1 rings (SSSR count). The van der Waals surface area contributed by atoms with Gasteiger partial charge >= 0.3 is 6.03 Å². The largest absolute Gasteiger partial charge is 0.337 e. The molecule has 9 heavy (non-hydrogen) atoms. The lowest BCUT2D eigenvalue weighted by Crippen LogP contribution is -2.47. The van der Waals surface area contributed by atoms with Gasteiger partial charge in [-0.25, -0.2) is 4.79 Å². The minimum absolute atomic E-state index is 0.112. The molecule has 0 aromatic carbocycles. The maximum Gasteiger partial charge on any atom is 0.323 e. The Morgan fingerprint density at radius 1 is 1.56 bits per heavy atom. The first-order valence-corrected chi connectivity index (χ1v) is 2.76. The van der Waals surface area contributed by atoms with Gasteiger partial charge in [0.15, 0.2) is 0 Å². The van der Waals surface area contributed by atoms with Crippen LogP contribution in [0.1, 0.15) is 6.42 Å². The number of hydrogen-bond acceptors (Lipinski definition) is 2. The first-order chi connectivity index (χ1) is 4.22. The zero-order valence-corrected chi connectivity index (χ0v) is 5.18. The molecular formula is C5H8N2O2. The average molecular weight is 128 g/mol. The van der Waals surface area contributed by atoms with E-state index in [1.54, 1.807) is 0 Å². The SMILES string of the molecule is CN1C(=O)CCNC1=O. The molecule has 4 nitrogen and oxygen atoms in total. The van der Waals surface area contributed by atoms with Crippen LogP contribution in [0.25, 0.3) is 0 Å². The Morgan fingerprint density at radius 3 is 2.67 bits per heavy atom. The zero-order chi connectivity index (χ0) is 6.85. The average Bonchev–Trinajstić information content (AvgIpc) is 1.83. The number of rotatable bonds is 0. The van der Waals surface area contributed by atoms with Crippen molar-refractivity contribution in [2.45, 2.75) is 6.42 Å². The highest BCUT2D eigenvalue weighted by molar-refractivity contribution is 5.96. The maximum atomic E-state index is 10.7. The third-order valence-electron chi connectivity index (χ3n) is 1.29.